The minimum atomic E-state index is -0.937. The number of para-hydroxylation sites is 1. The summed E-state index contributed by atoms with van der Waals surface area (Å²) in [6.45, 7) is 4.63. The molecule has 0 bridgehead atoms. The van der Waals surface area contributed by atoms with Crippen LogP contribution in [0.15, 0.2) is 48.6 Å². The molecule has 6 atom stereocenters. The van der Waals surface area contributed by atoms with E-state index in [0.29, 0.717) is 19.5 Å². The van der Waals surface area contributed by atoms with E-state index in [4.69, 9.17) is 0 Å². The number of hydrogen-bond donors (Lipinski definition) is 1. The summed E-state index contributed by atoms with van der Waals surface area (Å²) in [5, 5.41) is 18.8. The fraction of sp³-hybridized carbons (Fsp3) is 0.519. The van der Waals surface area contributed by atoms with Crippen molar-refractivity contribution >= 4 is 40.5 Å². The van der Waals surface area contributed by atoms with Crippen molar-refractivity contribution in [3.8, 4) is 0 Å². The summed E-state index contributed by atoms with van der Waals surface area (Å²) in [7, 11) is 1.75. The summed E-state index contributed by atoms with van der Waals surface area (Å²) in [6.07, 6.45) is 8.45. The molecule has 3 amide bonds. The van der Waals surface area contributed by atoms with Gasteiger partial charge in [-0.05, 0) is 25.5 Å². The molecule has 1 N–H and O–H groups in total. The number of likely N-dealkylation sites (tertiary alicyclic amines) is 1. The SMILES string of the molecule is CC[C@@H](CO)N1C(=O)[C@@H]2[C@@H]3C(=O)N(C)CC=C[C@]3(C)S[C@@]23C=CCN(Cn2nnc4ccccc42)C(=O)C13. The molecule has 4 aliphatic heterocycles. The van der Waals surface area contributed by atoms with Gasteiger partial charge in [0, 0.05) is 24.9 Å². The van der Waals surface area contributed by atoms with Crippen molar-refractivity contribution in [3.63, 3.8) is 0 Å². The Hall–Kier alpha value is -3.18. The second-order valence-corrected chi connectivity index (χ2v) is 12.6. The highest BCUT2D eigenvalue weighted by atomic mass is 32.2. The first-order valence-corrected chi connectivity index (χ1v) is 13.9. The van der Waals surface area contributed by atoms with E-state index >= 15 is 0 Å². The van der Waals surface area contributed by atoms with E-state index < -0.39 is 33.4 Å². The van der Waals surface area contributed by atoms with E-state index in [0.717, 1.165) is 11.0 Å². The zero-order chi connectivity index (χ0) is 26.8. The third-order valence-corrected chi connectivity index (χ3v) is 10.4. The number of carbonyl (C=O) groups is 3. The van der Waals surface area contributed by atoms with Gasteiger partial charge in [0.25, 0.3) is 0 Å². The maximum absolute atomic E-state index is 14.5. The van der Waals surface area contributed by atoms with Crippen molar-refractivity contribution in [2.75, 3.05) is 26.7 Å². The fourth-order valence-electron chi connectivity index (χ4n) is 6.75. The molecule has 10 nitrogen and oxygen atoms in total. The first-order chi connectivity index (χ1) is 18.3. The number of nitrogens with zero attached hydrogens (tertiary/aromatic N) is 6. The van der Waals surface area contributed by atoms with E-state index in [-0.39, 0.29) is 31.0 Å². The van der Waals surface area contributed by atoms with Crippen molar-refractivity contribution in [1.82, 2.24) is 29.7 Å². The van der Waals surface area contributed by atoms with Crippen LogP contribution < -0.4 is 0 Å². The van der Waals surface area contributed by atoms with Crippen LogP contribution in [0.5, 0.6) is 0 Å². The van der Waals surface area contributed by atoms with Gasteiger partial charge in [0.1, 0.15) is 18.2 Å². The van der Waals surface area contributed by atoms with E-state index in [1.807, 2.05) is 62.4 Å². The lowest BCUT2D eigenvalue weighted by atomic mass is 9.74. The van der Waals surface area contributed by atoms with Gasteiger partial charge in [-0.2, -0.15) is 0 Å². The highest BCUT2D eigenvalue weighted by Crippen LogP contribution is 2.65. The minimum Gasteiger partial charge on any atom is -0.394 e. The molecule has 1 spiro atoms. The quantitative estimate of drug-likeness (QED) is 0.573. The molecule has 2 aromatic rings. The number of benzene rings is 1. The number of aliphatic hydroxyl groups excluding tert-OH is 1. The second kappa shape index (κ2) is 8.94. The summed E-state index contributed by atoms with van der Waals surface area (Å²) in [6, 6.07) is 6.18. The predicted octanol–water partition coefficient (Wildman–Crippen LogP) is 1.27. The van der Waals surface area contributed by atoms with Gasteiger partial charge < -0.3 is 19.8 Å². The van der Waals surface area contributed by atoms with Crippen molar-refractivity contribution in [1.29, 1.82) is 0 Å². The number of carbonyl (C=O) groups excluding carboxylic acids is 3. The van der Waals surface area contributed by atoms with Crippen LogP contribution in [0.4, 0.5) is 0 Å². The standard InChI is InChI=1S/C27H32N6O4S/c1-4-17(15-34)33-22-25(37)31(16-32-19-10-6-5-9-18(19)28-29-32)14-8-12-27(22)21(24(33)36)20-23(35)30(3)13-7-11-26(20,2)38-27/h5-12,17,20-22,34H,4,13-16H2,1-3H3/t17-,20+,21-,22?,26-,27-/m0/s1. The molecule has 1 aromatic heterocycles. The summed E-state index contributed by atoms with van der Waals surface area (Å²) in [5.41, 5.74) is 1.55. The van der Waals surface area contributed by atoms with Crippen molar-refractivity contribution in [2.24, 2.45) is 11.8 Å². The Morgan fingerprint density at radius 3 is 2.61 bits per heavy atom. The number of fused-ring (bicyclic) bond motifs is 3. The Labute approximate surface area is 225 Å². The number of thioether (sulfide) groups is 1. The minimum absolute atomic E-state index is 0.0890. The largest absolute Gasteiger partial charge is 0.394 e. The smallest absolute Gasteiger partial charge is 0.248 e. The fourth-order valence-corrected chi connectivity index (χ4v) is 8.89. The van der Waals surface area contributed by atoms with Gasteiger partial charge in [-0.1, -0.05) is 48.6 Å². The van der Waals surface area contributed by atoms with Crippen LogP contribution in [0, 0.1) is 11.8 Å². The molecule has 1 aromatic carbocycles. The van der Waals surface area contributed by atoms with Crippen molar-refractivity contribution in [2.45, 2.75) is 48.5 Å². The number of aliphatic hydroxyl groups is 1. The van der Waals surface area contributed by atoms with Crippen LogP contribution >= 0.6 is 11.8 Å². The first kappa shape index (κ1) is 25.1. The summed E-state index contributed by atoms with van der Waals surface area (Å²) in [4.78, 5) is 47.4. The third kappa shape index (κ3) is 3.40. The molecular formula is C27H32N6O4S. The van der Waals surface area contributed by atoms with E-state index in [2.05, 4.69) is 10.3 Å². The molecule has 5 heterocycles. The van der Waals surface area contributed by atoms with Gasteiger partial charge in [-0.3, -0.25) is 14.4 Å². The number of aromatic nitrogens is 3. The monoisotopic (exact) mass is 536 g/mol. The molecule has 2 saturated heterocycles. The lowest BCUT2D eigenvalue weighted by molar-refractivity contribution is -0.147. The molecule has 6 rings (SSSR count). The molecular weight excluding hydrogens is 504 g/mol. The van der Waals surface area contributed by atoms with E-state index in [1.54, 1.807) is 38.2 Å². The average molecular weight is 537 g/mol. The third-order valence-electron chi connectivity index (χ3n) is 8.58. The van der Waals surface area contributed by atoms with E-state index in [1.165, 1.54) is 0 Å². The Balaban J connectivity index is 1.46. The highest BCUT2D eigenvalue weighted by molar-refractivity contribution is 8.02. The van der Waals surface area contributed by atoms with Crippen molar-refractivity contribution in [3.05, 3.63) is 48.6 Å². The molecule has 0 radical (unpaired) electrons. The Morgan fingerprint density at radius 1 is 1.08 bits per heavy atom. The van der Waals surface area contributed by atoms with Gasteiger partial charge >= 0.3 is 0 Å². The Morgan fingerprint density at radius 2 is 1.84 bits per heavy atom. The summed E-state index contributed by atoms with van der Waals surface area (Å²) < 4.78 is 0.109. The topological polar surface area (TPSA) is 112 Å². The zero-order valence-electron chi connectivity index (χ0n) is 21.7. The number of hydrogen-bond acceptors (Lipinski definition) is 7. The lowest BCUT2D eigenvalue weighted by Gasteiger charge is -2.39. The lowest BCUT2D eigenvalue weighted by Crippen LogP contribution is -2.56. The summed E-state index contributed by atoms with van der Waals surface area (Å²) >= 11 is 1.55. The van der Waals surface area contributed by atoms with Crippen LogP contribution in [-0.4, -0.2) is 101 Å². The predicted molar refractivity (Wildman–Crippen MR) is 143 cm³/mol. The molecule has 38 heavy (non-hydrogen) atoms. The van der Waals surface area contributed by atoms with Gasteiger partial charge in [-0.25, -0.2) is 4.68 Å². The maximum Gasteiger partial charge on any atom is 0.248 e. The maximum atomic E-state index is 14.5. The molecule has 0 aliphatic carbocycles. The highest BCUT2D eigenvalue weighted by Gasteiger charge is 2.74. The molecule has 1 unspecified atom stereocenters. The average Bonchev–Trinajstić information content (AvgIpc) is 3.44. The normalized spacial score (nSPS) is 33.4. The number of amides is 3. The van der Waals surface area contributed by atoms with Crippen LogP contribution in [0.1, 0.15) is 20.3 Å². The van der Waals surface area contributed by atoms with Gasteiger partial charge in [-0.15, -0.1) is 16.9 Å². The molecule has 0 saturated carbocycles. The second-order valence-electron chi connectivity index (χ2n) is 10.8. The van der Waals surface area contributed by atoms with Crippen LogP contribution in [0.25, 0.3) is 11.0 Å². The molecule has 2 fully saturated rings. The van der Waals surface area contributed by atoms with Crippen molar-refractivity contribution < 1.29 is 19.5 Å². The molecule has 4 aliphatic rings. The number of rotatable bonds is 5. The first-order valence-electron chi connectivity index (χ1n) is 13.1. The van der Waals surface area contributed by atoms with Gasteiger partial charge in [0.05, 0.1) is 34.7 Å². The summed E-state index contributed by atoms with van der Waals surface area (Å²) in [5.74, 6) is -1.87. The molecule has 200 valence electrons. The Bertz CT molecular complexity index is 1370. The number of likely N-dealkylation sites (N-methyl/N-ethyl adjacent to an activating group) is 1. The van der Waals surface area contributed by atoms with Crippen LogP contribution in [0.2, 0.25) is 0 Å². The van der Waals surface area contributed by atoms with E-state index in [9.17, 15) is 19.5 Å². The van der Waals surface area contributed by atoms with Crippen LogP contribution in [-0.2, 0) is 21.1 Å². The van der Waals surface area contributed by atoms with Gasteiger partial charge in [0.15, 0.2) is 0 Å². The molecule has 11 heteroatoms. The zero-order valence-corrected chi connectivity index (χ0v) is 22.5. The van der Waals surface area contributed by atoms with Gasteiger partial charge in [0.2, 0.25) is 17.7 Å². The van der Waals surface area contributed by atoms with Crippen LogP contribution in [0.3, 0.4) is 0 Å². The Kier molecular flexibility index (Phi) is 5.91.